The Labute approximate surface area is 130 Å². The molecule has 2 N–H and O–H groups in total. The first-order valence-corrected chi connectivity index (χ1v) is 8.00. The topological polar surface area (TPSA) is 65.8 Å². The number of pyridine rings is 2. The molecule has 0 bridgehead atoms. The Bertz CT molecular complexity index is 936. The molecule has 3 aromatic rings. The molecular weight excluding hydrogens is 296 g/mol. The van der Waals surface area contributed by atoms with E-state index in [9.17, 15) is 4.79 Å². The molecule has 0 fully saturated rings. The second kappa shape index (κ2) is 5.10. The summed E-state index contributed by atoms with van der Waals surface area (Å²) >= 11 is 1.78. The highest BCUT2D eigenvalue weighted by molar-refractivity contribution is 8.02. The molecule has 1 aliphatic rings. The lowest BCUT2D eigenvalue weighted by Gasteiger charge is -2.13. The van der Waals surface area contributed by atoms with Gasteiger partial charge in [-0.2, -0.15) is 0 Å². The minimum atomic E-state index is -0.687. The number of carbonyl (C=O) groups is 1. The van der Waals surface area contributed by atoms with Crippen LogP contribution in [0.3, 0.4) is 0 Å². The van der Waals surface area contributed by atoms with E-state index in [1.54, 1.807) is 30.1 Å². The van der Waals surface area contributed by atoms with Crippen molar-refractivity contribution in [2.75, 3.05) is 5.75 Å². The number of hydrogen-bond acceptors (Lipinski definition) is 4. The van der Waals surface area contributed by atoms with Crippen LogP contribution >= 0.6 is 11.8 Å². The summed E-state index contributed by atoms with van der Waals surface area (Å²) in [6.45, 7) is 0. The van der Waals surface area contributed by atoms with Crippen molar-refractivity contribution in [3.8, 4) is 0 Å². The summed E-state index contributed by atoms with van der Waals surface area (Å²) in [5, 5.41) is 12.5. The Kier molecular flexibility index (Phi) is 3.08. The summed E-state index contributed by atoms with van der Waals surface area (Å²) in [4.78, 5) is 20.3. The zero-order valence-electron chi connectivity index (χ0n) is 11.6. The molecule has 4 rings (SSSR count). The van der Waals surface area contributed by atoms with Gasteiger partial charge >= 0.3 is 5.97 Å². The Morgan fingerprint density at radius 3 is 2.91 bits per heavy atom. The average Bonchev–Trinajstić information content (AvgIpc) is 3.07. The standard InChI is InChI=1S/C17H12N2O2S/c20-17(21)10-1-2-12-14-8-18-5-3-13(14)16(19-15(12)7-10)11-4-6-22-9-11/h1-8,11H,9H2,(H,20,21)/p+1. The zero-order chi connectivity index (χ0) is 15.1. The van der Waals surface area contributed by atoms with Gasteiger partial charge in [-0.05, 0) is 23.6 Å². The molecular formula is C17H13N2O2S+. The van der Waals surface area contributed by atoms with E-state index < -0.39 is 5.97 Å². The molecule has 0 saturated carbocycles. The fourth-order valence-corrected chi connectivity index (χ4v) is 3.72. The Morgan fingerprint density at radius 2 is 2.14 bits per heavy atom. The predicted octanol–water partition coefficient (Wildman–Crippen LogP) is 2.99. The first-order valence-electron chi connectivity index (χ1n) is 6.95. The Balaban J connectivity index is 2.07. The summed E-state index contributed by atoms with van der Waals surface area (Å²) in [5.41, 5.74) is 2.13. The fourth-order valence-electron chi connectivity index (χ4n) is 2.83. The highest BCUT2D eigenvalue weighted by Gasteiger charge is 2.20. The molecule has 1 aromatic carbocycles. The Morgan fingerprint density at radius 1 is 1.23 bits per heavy atom. The highest BCUT2D eigenvalue weighted by Crippen LogP contribution is 2.35. The molecule has 1 atom stereocenters. The lowest BCUT2D eigenvalue weighted by atomic mass is 9.98. The third kappa shape index (κ3) is 2.05. The van der Waals surface area contributed by atoms with Gasteiger partial charge in [-0.25, -0.2) is 0 Å². The number of hydrogen-bond donors (Lipinski definition) is 0. The van der Waals surface area contributed by atoms with E-state index in [0.717, 1.165) is 33.1 Å². The highest BCUT2D eigenvalue weighted by atomic mass is 32.2. The van der Waals surface area contributed by atoms with Crippen LogP contribution in [-0.4, -0.2) is 26.8 Å². The predicted molar refractivity (Wildman–Crippen MR) is 89.3 cm³/mol. The second-order valence-electron chi connectivity index (χ2n) is 5.25. The molecule has 22 heavy (non-hydrogen) atoms. The van der Waals surface area contributed by atoms with Gasteiger partial charge in [0.15, 0.2) is 0 Å². The van der Waals surface area contributed by atoms with Crippen molar-refractivity contribution in [2.45, 2.75) is 5.92 Å². The molecule has 1 unspecified atom stereocenters. The third-order valence-electron chi connectivity index (χ3n) is 3.92. The number of benzene rings is 1. The van der Waals surface area contributed by atoms with Crippen LogP contribution in [0, 0.1) is 0 Å². The number of carbonyl (C=O) groups excluding carboxylic acids is 1. The van der Waals surface area contributed by atoms with Crippen molar-refractivity contribution in [3.63, 3.8) is 0 Å². The lowest BCUT2D eigenvalue weighted by Crippen LogP contribution is -2.02. The zero-order valence-corrected chi connectivity index (χ0v) is 12.4. The molecule has 1 aliphatic heterocycles. The van der Waals surface area contributed by atoms with E-state index in [1.165, 1.54) is 0 Å². The maximum Gasteiger partial charge on any atom is 0.549 e. The summed E-state index contributed by atoms with van der Waals surface area (Å²) in [6.07, 6.45) is 5.79. The molecule has 4 nitrogen and oxygen atoms in total. The Hall–Kier alpha value is -2.40. The number of aromatic nitrogens is 2. The smallest absolute Gasteiger partial charge is 0.549 e. The first-order chi connectivity index (χ1) is 10.7. The van der Waals surface area contributed by atoms with Gasteiger partial charge in [-0.1, -0.05) is 12.1 Å². The minimum Gasteiger partial charge on any atom is -0.561 e. The van der Waals surface area contributed by atoms with Crippen molar-refractivity contribution in [3.05, 3.63) is 59.4 Å². The molecule has 0 amide bonds. The lowest BCUT2D eigenvalue weighted by molar-refractivity contribution is 0.0697. The van der Waals surface area contributed by atoms with Gasteiger partial charge in [0.1, 0.15) is 5.56 Å². The molecule has 0 radical (unpaired) electrons. The van der Waals surface area contributed by atoms with Gasteiger partial charge in [0.05, 0.1) is 11.2 Å². The third-order valence-corrected chi connectivity index (χ3v) is 4.82. The van der Waals surface area contributed by atoms with Gasteiger partial charge in [0, 0.05) is 45.0 Å². The van der Waals surface area contributed by atoms with Gasteiger partial charge in [-0.15, -0.1) is 11.8 Å². The maximum absolute atomic E-state index is 11.3. The van der Waals surface area contributed by atoms with Crippen LogP contribution in [-0.2, 0) is 0 Å². The quantitative estimate of drug-likeness (QED) is 0.539. The molecule has 0 aliphatic carbocycles. The van der Waals surface area contributed by atoms with Gasteiger partial charge in [0.2, 0.25) is 0 Å². The van der Waals surface area contributed by atoms with Crippen LogP contribution in [0.4, 0.5) is 0 Å². The van der Waals surface area contributed by atoms with Crippen LogP contribution in [0.25, 0.3) is 21.7 Å². The van der Waals surface area contributed by atoms with E-state index in [1.807, 2.05) is 18.3 Å². The first kappa shape index (κ1) is 13.3. The van der Waals surface area contributed by atoms with Crippen LogP contribution in [0.1, 0.15) is 22.0 Å². The van der Waals surface area contributed by atoms with E-state index in [-0.39, 0.29) is 5.92 Å². The summed E-state index contributed by atoms with van der Waals surface area (Å²) in [6, 6.07) is 7.23. The van der Waals surface area contributed by atoms with Crippen molar-refractivity contribution < 1.29 is 9.90 Å². The van der Waals surface area contributed by atoms with E-state index in [4.69, 9.17) is 10.1 Å². The van der Waals surface area contributed by atoms with E-state index in [0.29, 0.717) is 5.56 Å². The van der Waals surface area contributed by atoms with Crippen LogP contribution in [0.5, 0.6) is 0 Å². The SMILES string of the molecule is O=C([OH2+])c1ccc2c(c1)nc(C1C=CSC1)c1ccncc12. The number of allylic oxidation sites excluding steroid dienone is 1. The number of thioether (sulfide) groups is 1. The summed E-state index contributed by atoms with van der Waals surface area (Å²) in [7, 11) is 0. The fraction of sp³-hybridized carbons (Fsp3) is 0.118. The summed E-state index contributed by atoms with van der Waals surface area (Å²) < 4.78 is 0. The largest absolute Gasteiger partial charge is 0.561 e. The van der Waals surface area contributed by atoms with Gasteiger partial charge in [-0.3, -0.25) is 9.97 Å². The molecule has 3 heterocycles. The van der Waals surface area contributed by atoms with Crippen molar-refractivity contribution in [1.82, 2.24) is 9.97 Å². The second-order valence-corrected chi connectivity index (χ2v) is 6.19. The van der Waals surface area contributed by atoms with Crippen LogP contribution in [0.2, 0.25) is 0 Å². The normalized spacial score (nSPS) is 17.4. The van der Waals surface area contributed by atoms with E-state index >= 15 is 0 Å². The average molecular weight is 309 g/mol. The van der Waals surface area contributed by atoms with E-state index in [2.05, 4.69) is 16.5 Å². The monoisotopic (exact) mass is 309 g/mol. The molecule has 108 valence electrons. The number of fused-ring (bicyclic) bond motifs is 3. The number of rotatable bonds is 2. The van der Waals surface area contributed by atoms with Gasteiger partial charge < -0.3 is 5.11 Å². The van der Waals surface area contributed by atoms with Crippen molar-refractivity contribution >= 4 is 39.4 Å². The molecule has 2 aromatic heterocycles. The molecule has 0 spiro atoms. The van der Waals surface area contributed by atoms with Crippen molar-refractivity contribution in [2.24, 2.45) is 0 Å². The van der Waals surface area contributed by atoms with Crippen molar-refractivity contribution in [1.29, 1.82) is 0 Å². The molecule has 0 saturated heterocycles. The van der Waals surface area contributed by atoms with Gasteiger partial charge in [0.25, 0.3) is 0 Å². The summed E-state index contributed by atoms with van der Waals surface area (Å²) in [5.74, 6) is 0.565. The van der Waals surface area contributed by atoms with Crippen LogP contribution < -0.4 is 0 Å². The molecule has 5 heteroatoms. The van der Waals surface area contributed by atoms with Crippen LogP contribution in [0.15, 0.2) is 48.1 Å². The maximum atomic E-state index is 11.3. The number of nitrogens with zero attached hydrogens (tertiary/aromatic N) is 2. The minimum absolute atomic E-state index is 0.273.